The first-order valence-corrected chi connectivity index (χ1v) is 10.6. The number of nitrogens with zero attached hydrogens (tertiary/aromatic N) is 3. The van der Waals surface area contributed by atoms with E-state index in [2.05, 4.69) is 10.1 Å². The van der Waals surface area contributed by atoms with Gasteiger partial charge in [0, 0.05) is 34.4 Å². The van der Waals surface area contributed by atoms with E-state index in [4.69, 9.17) is 33.0 Å². The van der Waals surface area contributed by atoms with Gasteiger partial charge in [-0.25, -0.2) is 9.99 Å². The Kier molecular flexibility index (Phi) is 6.30. The molecule has 1 N–H and O–H groups in total. The maximum Gasteiger partial charge on any atom is 0.303 e. The zero-order valence-corrected chi connectivity index (χ0v) is 18.6. The number of aliphatic carboxylic acids is 1. The monoisotopic (exact) mass is 471 g/mol. The molecule has 2 aromatic carbocycles. The molecule has 0 fully saturated rings. The minimum absolute atomic E-state index is 0.183. The number of ether oxygens (including phenoxy) is 1. The lowest BCUT2D eigenvalue weighted by Crippen LogP contribution is -2.27. The molecule has 32 heavy (non-hydrogen) atoms. The highest BCUT2D eigenvalue weighted by atomic mass is 35.5. The Labute approximate surface area is 194 Å². The number of benzene rings is 2. The van der Waals surface area contributed by atoms with E-state index < -0.39 is 17.9 Å². The summed E-state index contributed by atoms with van der Waals surface area (Å²) in [7, 11) is 1.58. The number of hydrogen-bond acceptors (Lipinski definition) is 5. The second kappa shape index (κ2) is 9.14. The van der Waals surface area contributed by atoms with Gasteiger partial charge >= 0.3 is 5.97 Å². The Bertz CT molecular complexity index is 1250. The van der Waals surface area contributed by atoms with Gasteiger partial charge in [0.15, 0.2) is 0 Å². The minimum Gasteiger partial charge on any atom is -0.497 e. The van der Waals surface area contributed by atoms with Crippen LogP contribution < -0.4 is 4.74 Å². The van der Waals surface area contributed by atoms with Crippen molar-refractivity contribution in [3.05, 3.63) is 69.8 Å². The third-order valence-electron chi connectivity index (χ3n) is 5.26. The number of carbonyl (C=O) groups excluding carboxylic acids is 1. The second-order valence-corrected chi connectivity index (χ2v) is 8.07. The molecule has 0 saturated heterocycles. The van der Waals surface area contributed by atoms with Gasteiger partial charge in [-0.2, -0.15) is 5.10 Å². The summed E-state index contributed by atoms with van der Waals surface area (Å²) in [6.07, 6.45) is -0.114. The van der Waals surface area contributed by atoms with Crippen molar-refractivity contribution in [2.75, 3.05) is 7.11 Å². The van der Waals surface area contributed by atoms with Gasteiger partial charge in [-0.05, 0) is 30.3 Å². The molecule has 1 aromatic heterocycles. The van der Waals surface area contributed by atoms with Gasteiger partial charge < -0.3 is 9.84 Å². The van der Waals surface area contributed by atoms with E-state index in [1.807, 2.05) is 30.3 Å². The summed E-state index contributed by atoms with van der Waals surface area (Å²) in [6, 6.07) is 14.0. The van der Waals surface area contributed by atoms with Crippen molar-refractivity contribution in [3.8, 4) is 5.75 Å². The van der Waals surface area contributed by atoms with Crippen LogP contribution in [0.25, 0.3) is 10.9 Å². The molecule has 1 aliphatic rings. The summed E-state index contributed by atoms with van der Waals surface area (Å²) in [4.78, 5) is 28.4. The van der Waals surface area contributed by atoms with E-state index in [1.165, 1.54) is 5.01 Å². The number of hydrazone groups is 1. The lowest BCUT2D eigenvalue weighted by atomic mass is 9.98. The van der Waals surface area contributed by atoms with E-state index in [9.17, 15) is 9.59 Å². The highest BCUT2D eigenvalue weighted by Crippen LogP contribution is 2.39. The average molecular weight is 472 g/mol. The summed E-state index contributed by atoms with van der Waals surface area (Å²) < 4.78 is 5.30. The Morgan fingerprint density at radius 3 is 2.66 bits per heavy atom. The summed E-state index contributed by atoms with van der Waals surface area (Å²) in [5, 5.41) is 16.4. The zero-order valence-electron chi connectivity index (χ0n) is 17.1. The van der Waals surface area contributed by atoms with Crippen LogP contribution in [0, 0.1) is 0 Å². The van der Waals surface area contributed by atoms with Crippen molar-refractivity contribution in [1.29, 1.82) is 0 Å². The molecule has 1 amide bonds. The standard InChI is InChI=1S/C23H19Cl2N3O4/c1-32-14-6-7-18-13(10-14)11-16(23(25)26-18)20-12-19(15-4-2-3-5-17(15)24)27-28(20)21(29)8-9-22(30)31/h2-7,10-11,20H,8-9,12H2,1H3,(H,30,31). The number of methoxy groups -OCH3 is 1. The van der Waals surface area contributed by atoms with Gasteiger partial charge in [-0.15, -0.1) is 0 Å². The third-order valence-corrected chi connectivity index (χ3v) is 5.90. The zero-order chi connectivity index (χ0) is 22.8. The number of aromatic nitrogens is 1. The number of amides is 1. The average Bonchev–Trinajstić information content (AvgIpc) is 3.22. The molecular formula is C23H19Cl2N3O4. The quantitative estimate of drug-likeness (QED) is 0.505. The predicted octanol–water partition coefficient (Wildman–Crippen LogP) is 5.09. The van der Waals surface area contributed by atoms with Crippen molar-refractivity contribution in [2.45, 2.75) is 25.3 Å². The minimum atomic E-state index is -1.05. The van der Waals surface area contributed by atoms with Crippen LogP contribution in [0.4, 0.5) is 0 Å². The fraction of sp³-hybridized carbons (Fsp3) is 0.217. The van der Waals surface area contributed by atoms with Crippen LogP contribution in [0.2, 0.25) is 10.2 Å². The molecule has 0 bridgehead atoms. The van der Waals surface area contributed by atoms with E-state index in [1.54, 1.807) is 25.3 Å². The van der Waals surface area contributed by atoms with Gasteiger partial charge in [-0.1, -0.05) is 41.4 Å². The number of fused-ring (bicyclic) bond motifs is 1. The number of carbonyl (C=O) groups is 2. The molecule has 3 aromatic rings. The van der Waals surface area contributed by atoms with Crippen molar-refractivity contribution < 1.29 is 19.4 Å². The van der Waals surface area contributed by atoms with Gasteiger partial charge in [0.1, 0.15) is 10.9 Å². The number of carboxylic acids is 1. The molecule has 0 aliphatic carbocycles. The Balaban J connectivity index is 1.77. The molecule has 4 rings (SSSR count). The summed E-state index contributed by atoms with van der Waals surface area (Å²) in [5.74, 6) is -0.801. The predicted molar refractivity (Wildman–Crippen MR) is 122 cm³/mol. The van der Waals surface area contributed by atoms with Crippen molar-refractivity contribution in [1.82, 2.24) is 9.99 Å². The number of carboxylic acid groups (broad SMARTS) is 1. The van der Waals surface area contributed by atoms with Crippen LogP contribution in [0.5, 0.6) is 5.75 Å². The van der Waals surface area contributed by atoms with Crippen LogP contribution in [0.3, 0.4) is 0 Å². The SMILES string of the molecule is COc1ccc2nc(Cl)c(C3CC(c4ccccc4Cl)=NN3C(=O)CCC(=O)O)cc2c1. The van der Waals surface area contributed by atoms with E-state index in [-0.39, 0.29) is 18.0 Å². The first-order chi connectivity index (χ1) is 15.4. The first kappa shape index (κ1) is 22.0. The highest BCUT2D eigenvalue weighted by molar-refractivity contribution is 6.34. The highest BCUT2D eigenvalue weighted by Gasteiger charge is 2.35. The van der Waals surface area contributed by atoms with Crippen LogP contribution in [0.15, 0.2) is 53.6 Å². The summed E-state index contributed by atoms with van der Waals surface area (Å²) in [5.41, 5.74) is 2.63. The molecule has 0 saturated carbocycles. The lowest BCUT2D eigenvalue weighted by Gasteiger charge is -2.23. The molecule has 1 atom stereocenters. The fourth-order valence-corrected chi connectivity index (χ4v) is 4.19. The number of halogens is 2. The fourth-order valence-electron chi connectivity index (χ4n) is 3.68. The molecular weight excluding hydrogens is 453 g/mol. The van der Waals surface area contributed by atoms with E-state index in [0.717, 1.165) is 5.39 Å². The van der Waals surface area contributed by atoms with Crippen LogP contribution in [0.1, 0.15) is 36.4 Å². The molecule has 164 valence electrons. The maximum atomic E-state index is 12.9. The first-order valence-electron chi connectivity index (χ1n) is 9.88. The number of rotatable bonds is 6. The van der Waals surface area contributed by atoms with Gasteiger partial charge in [-0.3, -0.25) is 9.59 Å². The summed E-state index contributed by atoms with van der Waals surface area (Å²) >= 11 is 12.9. The third kappa shape index (κ3) is 4.40. The maximum absolute atomic E-state index is 12.9. The Morgan fingerprint density at radius 1 is 1.16 bits per heavy atom. The normalized spacial score (nSPS) is 15.7. The molecule has 0 radical (unpaired) electrons. The van der Waals surface area contributed by atoms with E-state index in [0.29, 0.717) is 39.5 Å². The Hall–Kier alpha value is -3.16. The van der Waals surface area contributed by atoms with Gasteiger partial charge in [0.05, 0.1) is 30.8 Å². The van der Waals surface area contributed by atoms with E-state index >= 15 is 0 Å². The molecule has 1 unspecified atom stereocenters. The van der Waals surface area contributed by atoms with Crippen LogP contribution in [-0.2, 0) is 9.59 Å². The smallest absolute Gasteiger partial charge is 0.303 e. The van der Waals surface area contributed by atoms with Gasteiger partial charge in [0.2, 0.25) is 5.91 Å². The molecule has 1 aliphatic heterocycles. The lowest BCUT2D eigenvalue weighted by molar-refractivity contribution is -0.141. The summed E-state index contributed by atoms with van der Waals surface area (Å²) in [6.45, 7) is 0. The molecule has 9 heteroatoms. The number of hydrogen-bond donors (Lipinski definition) is 1. The largest absolute Gasteiger partial charge is 0.497 e. The molecule has 2 heterocycles. The van der Waals surface area contributed by atoms with Crippen molar-refractivity contribution >= 4 is 51.7 Å². The van der Waals surface area contributed by atoms with Crippen LogP contribution in [-0.4, -0.2) is 39.8 Å². The molecule has 7 nitrogen and oxygen atoms in total. The van der Waals surface area contributed by atoms with Crippen molar-refractivity contribution in [2.24, 2.45) is 5.10 Å². The van der Waals surface area contributed by atoms with Crippen LogP contribution >= 0.6 is 23.2 Å². The molecule has 0 spiro atoms. The second-order valence-electron chi connectivity index (χ2n) is 7.31. The number of pyridine rings is 1. The van der Waals surface area contributed by atoms with Gasteiger partial charge in [0.25, 0.3) is 0 Å². The topological polar surface area (TPSA) is 92.1 Å². The van der Waals surface area contributed by atoms with Crippen molar-refractivity contribution in [3.63, 3.8) is 0 Å². The Morgan fingerprint density at radius 2 is 1.94 bits per heavy atom.